The molecule has 6 nitrogen and oxygen atoms in total. The molecule has 0 aliphatic heterocycles. The number of benzene rings is 2. The fraction of sp³-hybridized carbons (Fsp3) is 0.105. The third-order valence-corrected chi connectivity index (χ3v) is 4.42. The van der Waals surface area contributed by atoms with Gasteiger partial charge < -0.3 is 9.47 Å². The Morgan fingerprint density at radius 3 is 2.37 bits per heavy atom. The maximum absolute atomic E-state index is 13.6. The van der Waals surface area contributed by atoms with Crippen molar-refractivity contribution in [3.8, 4) is 11.8 Å². The van der Waals surface area contributed by atoms with Crippen LogP contribution in [0.4, 0.5) is 10.1 Å². The molecular formula is C19H17FN4O2S. The Bertz CT molecular complexity index is 930. The highest BCUT2D eigenvalue weighted by atomic mass is 32.2. The second-order valence-corrected chi connectivity index (χ2v) is 6.23. The van der Waals surface area contributed by atoms with Crippen molar-refractivity contribution in [3.05, 3.63) is 66.0 Å². The Morgan fingerprint density at radius 2 is 1.67 bits per heavy atom. The van der Waals surface area contributed by atoms with Crippen molar-refractivity contribution in [1.29, 1.82) is 0 Å². The number of aromatic nitrogens is 2. The average molecular weight is 384 g/mol. The Kier molecular flexibility index (Phi) is 6.22. The molecule has 27 heavy (non-hydrogen) atoms. The van der Waals surface area contributed by atoms with Crippen LogP contribution in [0.3, 0.4) is 0 Å². The first-order chi connectivity index (χ1) is 13.2. The van der Waals surface area contributed by atoms with Crippen LogP contribution in [-0.4, -0.2) is 30.4 Å². The molecule has 3 rings (SSSR count). The summed E-state index contributed by atoms with van der Waals surface area (Å²) in [6.45, 7) is 0. The van der Waals surface area contributed by atoms with E-state index in [1.54, 1.807) is 30.5 Å². The number of rotatable bonds is 7. The molecule has 0 saturated carbocycles. The molecule has 138 valence electrons. The second kappa shape index (κ2) is 9.00. The quantitative estimate of drug-likeness (QED) is 0.373. The highest BCUT2D eigenvalue weighted by molar-refractivity contribution is 7.99. The van der Waals surface area contributed by atoms with E-state index >= 15 is 0 Å². The van der Waals surface area contributed by atoms with Crippen molar-refractivity contribution in [1.82, 2.24) is 9.97 Å². The van der Waals surface area contributed by atoms with Crippen molar-refractivity contribution >= 4 is 23.7 Å². The molecule has 0 unspecified atom stereocenters. The molecule has 1 heterocycles. The molecule has 0 fully saturated rings. The molecule has 8 heteroatoms. The minimum absolute atomic E-state index is 0.305. The summed E-state index contributed by atoms with van der Waals surface area (Å²) in [7, 11) is 3.07. The fourth-order valence-corrected chi connectivity index (χ4v) is 2.99. The summed E-state index contributed by atoms with van der Waals surface area (Å²) in [6, 6.07) is 15.6. The number of hydrazone groups is 1. The first-order valence-corrected chi connectivity index (χ1v) is 8.79. The number of methoxy groups -OCH3 is 2. The number of nitrogens with one attached hydrogen (secondary N) is 1. The van der Waals surface area contributed by atoms with Gasteiger partial charge in [0.2, 0.25) is 11.8 Å². The van der Waals surface area contributed by atoms with E-state index in [0.717, 1.165) is 10.5 Å². The zero-order valence-electron chi connectivity index (χ0n) is 14.7. The number of para-hydroxylation sites is 1. The van der Waals surface area contributed by atoms with Gasteiger partial charge in [0.15, 0.2) is 5.16 Å². The van der Waals surface area contributed by atoms with E-state index in [4.69, 9.17) is 9.47 Å². The Labute approximate surface area is 160 Å². The molecule has 0 saturated heterocycles. The zero-order chi connectivity index (χ0) is 19.1. The van der Waals surface area contributed by atoms with Gasteiger partial charge >= 0.3 is 0 Å². The summed E-state index contributed by atoms with van der Waals surface area (Å²) in [5.74, 6) is 0.461. The molecule has 1 N–H and O–H groups in total. The standard InChI is InChI=1S/C19H17FN4O2S/c1-25-17-11-18(26-2)23-19(22-17)27-16-10-6-3-7-13(16)12-21-24-15-9-5-4-8-14(15)20/h3-12,24H,1-2H3/b21-12+. The summed E-state index contributed by atoms with van der Waals surface area (Å²) in [6.07, 6.45) is 1.62. The smallest absolute Gasteiger partial charge is 0.220 e. The lowest BCUT2D eigenvalue weighted by molar-refractivity contribution is 0.364. The molecule has 0 bridgehead atoms. The summed E-state index contributed by atoms with van der Waals surface area (Å²) in [5.41, 5.74) is 3.84. The molecular weight excluding hydrogens is 367 g/mol. The van der Waals surface area contributed by atoms with Gasteiger partial charge in [-0.2, -0.15) is 15.1 Å². The SMILES string of the molecule is COc1cc(OC)nc(Sc2ccccc2/C=N/Nc2ccccc2F)n1. The minimum atomic E-state index is -0.366. The predicted octanol–water partition coefficient (Wildman–Crippen LogP) is 4.23. The van der Waals surface area contributed by atoms with Gasteiger partial charge in [0, 0.05) is 10.5 Å². The molecule has 1 aromatic heterocycles. The van der Waals surface area contributed by atoms with Gasteiger partial charge in [-0.25, -0.2) is 4.39 Å². The van der Waals surface area contributed by atoms with E-state index in [2.05, 4.69) is 20.5 Å². The first-order valence-electron chi connectivity index (χ1n) is 7.97. The van der Waals surface area contributed by atoms with Crippen molar-refractivity contribution in [2.24, 2.45) is 5.10 Å². The zero-order valence-corrected chi connectivity index (χ0v) is 15.5. The number of hydrogen-bond donors (Lipinski definition) is 1. The van der Waals surface area contributed by atoms with Crippen LogP contribution in [0.2, 0.25) is 0 Å². The van der Waals surface area contributed by atoms with Crippen LogP contribution in [-0.2, 0) is 0 Å². The van der Waals surface area contributed by atoms with Gasteiger partial charge in [-0.3, -0.25) is 5.43 Å². The Hall–Kier alpha value is -3.13. The summed E-state index contributed by atoms with van der Waals surface area (Å²) in [5, 5.41) is 4.60. The van der Waals surface area contributed by atoms with Crippen LogP contribution in [0, 0.1) is 5.82 Å². The molecule has 0 aliphatic carbocycles. The number of ether oxygens (including phenoxy) is 2. The normalized spacial score (nSPS) is 10.8. The Balaban J connectivity index is 1.80. The molecule has 0 atom stereocenters. The molecule has 2 aromatic carbocycles. The lowest BCUT2D eigenvalue weighted by atomic mass is 10.2. The molecule has 0 spiro atoms. The molecule has 0 aliphatic rings. The number of nitrogens with zero attached hydrogens (tertiary/aromatic N) is 3. The van der Waals surface area contributed by atoms with Gasteiger partial charge in [-0.1, -0.05) is 30.3 Å². The van der Waals surface area contributed by atoms with Crippen molar-refractivity contribution in [2.75, 3.05) is 19.6 Å². The summed E-state index contributed by atoms with van der Waals surface area (Å²) in [4.78, 5) is 9.51. The minimum Gasteiger partial charge on any atom is -0.481 e. The molecule has 0 amide bonds. The molecule has 3 aromatic rings. The van der Waals surface area contributed by atoms with Crippen molar-refractivity contribution in [2.45, 2.75) is 10.1 Å². The summed E-state index contributed by atoms with van der Waals surface area (Å²) >= 11 is 1.35. The lowest BCUT2D eigenvalue weighted by Gasteiger charge is -2.08. The average Bonchev–Trinajstić information content (AvgIpc) is 2.70. The van der Waals surface area contributed by atoms with E-state index in [9.17, 15) is 4.39 Å². The van der Waals surface area contributed by atoms with Crippen LogP contribution in [0.25, 0.3) is 0 Å². The van der Waals surface area contributed by atoms with E-state index in [1.165, 1.54) is 32.0 Å². The van der Waals surface area contributed by atoms with E-state index in [1.807, 2.05) is 24.3 Å². The molecule has 0 radical (unpaired) electrons. The third-order valence-electron chi connectivity index (χ3n) is 3.46. The van der Waals surface area contributed by atoms with Crippen LogP contribution in [0.5, 0.6) is 11.8 Å². The van der Waals surface area contributed by atoms with Crippen molar-refractivity contribution < 1.29 is 13.9 Å². The van der Waals surface area contributed by atoms with Crippen LogP contribution in [0.15, 0.2) is 69.8 Å². The number of halogens is 1. The number of anilines is 1. The van der Waals surface area contributed by atoms with Gasteiger partial charge in [-0.05, 0) is 30.0 Å². The fourth-order valence-electron chi connectivity index (χ4n) is 2.14. The van der Waals surface area contributed by atoms with Crippen LogP contribution >= 0.6 is 11.8 Å². The van der Waals surface area contributed by atoms with E-state index < -0.39 is 0 Å². The highest BCUT2D eigenvalue weighted by Gasteiger charge is 2.09. The lowest BCUT2D eigenvalue weighted by Crippen LogP contribution is -1.97. The number of hydrogen-bond acceptors (Lipinski definition) is 7. The predicted molar refractivity (Wildman–Crippen MR) is 103 cm³/mol. The topological polar surface area (TPSA) is 68.6 Å². The monoisotopic (exact) mass is 384 g/mol. The van der Waals surface area contributed by atoms with E-state index in [0.29, 0.717) is 22.6 Å². The largest absolute Gasteiger partial charge is 0.481 e. The van der Waals surface area contributed by atoms with Crippen LogP contribution < -0.4 is 14.9 Å². The van der Waals surface area contributed by atoms with Crippen LogP contribution in [0.1, 0.15) is 5.56 Å². The highest BCUT2D eigenvalue weighted by Crippen LogP contribution is 2.30. The van der Waals surface area contributed by atoms with Gasteiger partial charge in [0.25, 0.3) is 0 Å². The third kappa shape index (κ3) is 4.95. The summed E-state index contributed by atoms with van der Waals surface area (Å²) < 4.78 is 24.0. The Morgan fingerprint density at radius 1 is 1.00 bits per heavy atom. The van der Waals surface area contributed by atoms with Crippen molar-refractivity contribution in [3.63, 3.8) is 0 Å². The second-order valence-electron chi connectivity index (χ2n) is 5.22. The maximum Gasteiger partial charge on any atom is 0.220 e. The van der Waals surface area contributed by atoms with Gasteiger partial charge in [0.1, 0.15) is 5.82 Å². The van der Waals surface area contributed by atoms with Gasteiger partial charge in [-0.15, -0.1) is 0 Å². The maximum atomic E-state index is 13.6. The van der Waals surface area contributed by atoms with E-state index in [-0.39, 0.29) is 5.82 Å². The first kappa shape index (κ1) is 18.7. The van der Waals surface area contributed by atoms with Gasteiger partial charge in [0.05, 0.1) is 32.2 Å².